The first kappa shape index (κ1) is 17.2. The molecule has 0 aliphatic carbocycles. The third kappa shape index (κ3) is 3.23. The molecule has 5 heteroatoms. The number of Topliss-reactive ketones (excluding diaryl/α,β-unsaturated/α-hetero) is 1. The van der Waals surface area contributed by atoms with Crippen LogP contribution in [0.5, 0.6) is 11.5 Å². The molecular formula is C21H26N2O3. The molecule has 1 saturated heterocycles. The minimum atomic E-state index is 0.215. The van der Waals surface area contributed by atoms with Gasteiger partial charge in [-0.2, -0.15) is 0 Å². The van der Waals surface area contributed by atoms with E-state index in [9.17, 15) is 4.79 Å². The number of hydrogen-bond donors (Lipinski definition) is 0. The summed E-state index contributed by atoms with van der Waals surface area (Å²) in [6.07, 6.45) is 4.96. The number of ether oxygens (including phenoxy) is 2. The number of carbonyl (C=O) groups is 1. The van der Waals surface area contributed by atoms with Gasteiger partial charge in [0.25, 0.3) is 0 Å². The van der Waals surface area contributed by atoms with Gasteiger partial charge in [-0.25, -0.2) is 0 Å². The quantitative estimate of drug-likeness (QED) is 0.782. The van der Waals surface area contributed by atoms with Crippen LogP contribution in [0.3, 0.4) is 0 Å². The Labute approximate surface area is 154 Å². The summed E-state index contributed by atoms with van der Waals surface area (Å²) in [7, 11) is 0. The Morgan fingerprint density at radius 3 is 2.50 bits per heavy atom. The largest absolute Gasteiger partial charge is 0.454 e. The average molecular weight is 354 g/mol. The highest BCUT2D eigenvalue weighted by Crippen LogP contribution is 2.35. The minimum Gasteiger partial charge on any atom is -0.454 e. The van der Waals surface area contributed by atoms with Crippen molar-refractivity contribution in [1.29, 1.82) is 0 Å². The molecule has 1 aromatic carbocycles. The number of rotatable bonds is 4. The van der Waals surface area contributed by atoms with E-state index >= 15 is 0 Å². The van der Waals surface area contributed by atoms with Gasteiger partial charge < -0.3 is 14.0 Å². The Hall–Kier alpha value is -2.27. The van der Waals surface area contributed by atoms with Crippen LogP contribution >= 0.6 is 0 Å². The van der Waals surface area contributed by atoms with Gasteiger partial charge in [-0.3, -0.25) is 9.69 Å². The van der Waals surface area contributed by atoms with E-state index in [1.807, 2.05) is 38.1 Å². The molecule has 1 fully saturated rings. The zero-order valence-corrected chi connectivity index (χ0v) is 15.6. The summed E-state index contributed by atoms with van der Waals surface area (Å²) in [4.78, 5) is 15.2. The summed E-state index contributed by atoms with van der Waals surface area (Å²) in [6.45, 7) is 6.92. The van der Waals surface area contributed by atoms with Crippen molar-refractivity contribution in [2.45, 2.75) is 39.5 Å². The van der Waals surface area contributed by atoms with E-state index < -0.39 is 0 Å². The first-order valence-corrected chi connectivity index (χ1v) is 9.48. The fourth-order valence-electron chi connectivity index (χ4n) is 4.05. The van der Waals surface area contributed by atoms with Gasteiger partial charge in [0.2, 0.25) is 6.79 Å². The number of fused-ring (bicyclic) bond motifs is 1. The van der Waals surface area contributed by atoms with Crippen LogP contribution in [0.25, 0.3) is 5.69 Å². The predicted molar refractivity (Wildman–Crippen MR) is 101 cm³/mol. The topological polar surface area (TPSA) is 43.7 Å². The standard InChI is InChI=1S/C21H26N2O3/c1-15-11-18(19(24)13-22-9-5-3-4-6-10-22)16(2)23(15)17-7-8-20-21(12-17)26-14-25-20/h7-8,11-12H,3-6,9-10,13-14H2,1-2H3. The van der Waals surface area contributed by atoms with Gasteiger partial charge in [-0.05, 0) is 58.0 Å². The Kier molecular flexibility index (Phi) is 4.72. The SMILES string of the molecule is Cc1cc(C(=O)CN2CCCCCC2)c(C)n1-c1ccc2c(c1)OCO2. The lowest BCUT2D eigenvalue weighted by molar-refractivity contribution is 0.0932. The second kappa shape index (κ2) is 7.16. The molecule has 138 valence electrons. The van der Waals surface area contributed by atoms with Crippen LogP contribution in [0.1, 0.15) is 47.4 Å². The van der Waals surface area contributed by atoms with Gasteiger partial charge in [0.15, 0.2) is 17.3 Å². The lowest BCUT2D eigenvalue weighted by atomic mass is 10.1. The fourth-order valence-corrected chi connectivity index (χ4v) is 4.05. The number of ketones is 1. The molecule has 4 rings (SSSR count). The van der Waals surface area contributed by atoms with E-state index in [1.165, 1.54) is 25.7 Å². The van der Waals surface area contributed by atoms with E-state index in [2.05, 4.69) is 9.47 Å². The molecule has 0 amide bonds. The summed E-state index contributed by atoms with van der Waals surface area (Å²) in [6, 6.07) is 7.93. The smallest absolute Gasteiger partial charge is 0.231 e. The van der Waals surface area contributed by atoms with Crippen molar-refractivity contribution in [3.05, 3.63) is 41.2 Å². The third-order valence-electron chi connectivity index (χ3n) is 5.41. The van der Waals surface area contributed by atoms with Gasteiger partial charge in [-0.1, -0.05) is 12.8 Å². The molecule has 2 aliphatic rings. The molecule has 0 radical (unpaired) electrons. The summed E-state index contributed by atoms with van der Waals surface area (Å²) < 4.78 is 13.0. The first-order chi connectivity index (χ1) is 12.6. The van der Waals surface area contributed by atoms with E-state index in [-0.39, 0.29) is 12.6 Å². The Morgan fingerprint density at radius 1 is 1.00 bits per heavy atom. The summed E-state index contributed by atoms with van der Waals surface area (Å²) >= 11 is 0. The van der Waals surface area contributed by atoms with E-state index in [1.54, 1.807) is 0 Å². The van der Waals surface area contributed by atoms with Gasteiger partial charge in [-0.15, -0.1) is 0 Å². The molecule has 3 heterocycles. The maximum Gasteiger partial charge on any atom is 0.231 e. The molecule has 0 unspecified atom stereocenters. The second-order valence-electron chi connectivity index (χ2n) is 7.27. The van der Waals surface area contributed by atoms with Crippen LogP contribution in [0.4, 0.5) is 0 Å². The van der Waals surface area contributed by atoms with E-state index in [0.29, 0.717) is 6.54 Å². The maximum atomic E-state index is 12.9. The molecule has 0 N–H and O–H groups in total. The van der Waals surface area contributed by atoms with Crippen molar-refractivity contribution < 1.29 is 14.3 Å². The van der Waals surface area contributed by atoms with E-state index in [0.717, 1.165) is 47.2 Å². The molecular weight excluding hydrogens is 328 g/mol. The lowest BCUT2D eigenvalue weighted by Gasteiger charge is -2.18. The number of nitrogens with zero attached hydrogens (tertiary/aromatic N) is 2. The molecule has 2 aromatic rings. The zero-order chi connectivity index (χ0) is 18.1. The van der Waals surface area contributed by atoms with Crippen molar-refractivity contribution in [3.8, 4) is 17.2 Å². The maximum absolute atomic E-state index is 12.9. The Bertz CT molecular complexity index is 817. The van der Waals surface area contributed by atoms with Crippen LogP contribution in [-0.4, -0.2) is 41.7 Å². The van der Waals surface area contributed by atoms with Crippen molar-refractivity contribution >= 4 is 5.78 Å². The van der Waals surface area contributed by atoms with Gasteiger partial charge in [0.1, 0.15) is 0 Å². The summed E-state index contributed by atoms with van der Waals surface area (Å²) in [5, 5.41) is 0. The third-order valence-corrected chi connectivity index (χ3v) is 5.41. The van der Waals surface area contributed by atoms with Crippen molar-refractivity contribution in [1.82, 2.24) is 9.47 Å². The molecule has 26 heavy (non-hydrogen) atoms. The van der Waals surface area contributed by atoms with Crippen molar-refractivity contribution in [3.63, 3.8) is 0 Å². The predicted octanol–water partition coefficient (Wildman–Crippen LogP) is 3.88. The van der Waals surface area contributed by atoms with Crippen molar-refractivity contribution in [2.75, 3.05) is 26.4 Å². The fraction of sp³-hybridized carbons (Fsp3) is 0.476. The first-order valence-electron chi connectivity index (χ1n) is 9.48. The van der Waals surface area contributed by atoms with Gasteiger partial charge in [0.05, 0.1) is 6.54 Å². The summed E-state index contributed by atoms with van der Waals surface area (Å²) in [5.41, 5.74) is 3.87. The highest BCUT2D eigenvalue weighted by atomic mass is 16.7. The number of carbonyl (C=O) groups excluding carboxylic acids is 1. The molecule has 0 spiro atoms. The minimum absolute atomic E-state index is 0.215. The van der Waals surface area contributed by atoms with Crippen LogP contribution in [0.15, 0.2) is 24.3 Å². The molecule has 0 bridgehead atoms. The van der Waals surface area contributed by atoms with Crippen LogP contribution in [-0.2, 0) is 0 Å². The number of benzene rings is 1. The van der Waals surface area contributed by atoms with Crippen LogP contribution in [0.2, 0.25) is 0 Å². The number of aryl methyl sites for hydroxylation is 1. The molecule has 0 atom stereocenters. The van der Waals surface area contributed by atoms with Crippen LogP contribution in [0, 0.1) is 13.8 Å². The molecule has 0 saturated carbocycles. The average Bonchev–Trinajstić information content (AvgIpc) is 3.10. The number of likely N-dealkylation sites (tertiary alicyclic amines) is 1. The Morgan fingerprint density at radius 2 is 1.73 bits per heavy atom. The number of aromatic nitrogens is 1. The van der Waals surface area contributed by atoms with Gasteiger partial charge in [0, 0.05) is 28.7 Å². The molecule has 2 aliphatic heterocycles. The van der Waals surface area contributed by atoms with E-state index in [4.69, 9.17) is 9.47 Å². The zero-order valence-electron chi connectivity index (χ0n) is 15.6. The second-order valence-corrected chi connectivity index (χ2v) is 7.27. The normalized spacial score (nSPS) is 17.3. The number of hydrogen-bond acceptors (Lipinski definition) is 4. The van der Waals surface area contributed by atoms with Crippen LogP contribution < -0.4 is 9.47 Å². The van der Waals surface area contributed by atoms with Gasteiger partial charge >= 0.3 is 0 Å². The summed E-state index contributed by atoms with van der Waals surface area (Å²) in [5.74, 6) is 1.74. The highest BCUT2D eigenvalue weighted by molar-refractivity contribution is 5.99. The van der Waals surface area contributed by atoms with Crippen molar-refractivity contribution in [2.24, 2.45) is 0 Å². The Balaban J connectivity index is 1.59. The molecule has 5 nitrogen and oxygen atoms in total. The highest BCUT2D eigenvalue weighted by Gasteiger charge is 2.21. The monoisotopic (exact) mass is 354 g/mol. The molecule has 1 aromatic heterocycles. The lowest BCUT2D eigenvalue weighted by Crippen LogP contribution is -2.31.